The molecule has 0 fully saturated rings. The molecule has 142 valence electrons. The molecule has 8 heteroatoms. The maximum Gasteiger partial charge on any atom is 0.206 e. The number of nitriles is 1. The Bertz CT molecular complexity index is 832. The van der Waals surface area contributed by atoms with Gasteiger partial charge in [0.25, 0.3) is 0 Å². The fourth-order valence-corrected chi connectivity index (χ4v) is 2.23. The van der Waals surface area contributed by atoms with Gasteiger partial charge in [-0.05, 0) is 30.7 Å². The van der Waals surface area contributed by atoms with Gasteiger partial charge in [0.2, 0.25) is 11.6 Å². The lowest BCUT2D eigenvalue weighted by atomic mass is 10.2. The van der Waals surface area contributed by atoms with Crippen molar-refractivity contribution in [3.63, 3.8) is 0 Å². The molecule has 0 radical (unpaired) electrons. The number of hydrogen-bond acceptors (Lipinski definition) is 4. The predicted molar refractivity (Wildman–Crippen MR) is 91.2 cm³/mol. The van der Waals surface area contributed by atoms with Gasteiger partial charge in [0.1, 0.15) is 0 Å². The van der Waals surface area contributed by atoms with Crippen LogP contribution in [-0.4, -0.2) is 6.61 Å². The van der Waals surface area contributed by atoms with E-state index in [0.29, 0.717) is 12.0 Å². The molecule has 0 aliphatic rings. The van der Waals surface area contributed by atoms with Crippen LogP contribution in [0.25, 0.3) is 0 Å². The van der Waals surface area contributed by atoms with Crippen LogP contribution in [0.1, 0.15) is 38.2 Å². The summed E-state index contributed by atoms with van der Waals surface area (Å²) in [6.07, 6.45) is 3.17. The van der Waals surface area contributed by atoms with Gasteiger partial charge in [-0.1, -0.05) is 26.2 Å². The zero-order valence-corrected chi connectivity index (χ0v) is 14.6. The quantitative estimate of drug-likeness (QED) is 0.228. The van der Waals surface area contributed by atoms with E-state index in [0.717, 1.165) is 19.3 Å². The SMILES string of the molecule is CCCCCCOc1c(F)c(F)c(/N=N/c2ccc(C#N)cc2)c(F)c1F. The van der Waals surface area contributed by atoms with Crippen molar-refractivity contribution in [3.05, 3.63) is 53.1 Å². The number of benzene rings is 2. The van der Waals surface area contributed by atoms with E-state index in [1.807, 2.05) is 13.0 Å². The molecule has 2 rings (SSSR count). The van der Waals surface area contributed by atoms with Crippen molar-refractivity contribution in [1.82, 2.24) is 0 Å². The first-order valence-corrected chi connectivity index (χ1v) is 8.40. The second-order valence-corrected chi connectivity index (χ2v) is 5.70. The fraction of sp³-hybridized carbons (Fsp3) is 0.316. The Labute approximate surface area is 154 Å². The van der Waals surface area contributed by atoms with Crippen molar-refractivity contribution in [2.45, 2.75) is 32.6 Å². The Balaban J connectivity index is 2.22. The van der Waals surface area contributed by atoms with Crippen molar-refractivity contribution in [2.24, 2.45) is 10.2 Å². The zero-order chi connectivity index (χ0) is 19.8. The predicted octanol–water partition coefficient (Wildman–Crippen LogP) is 6.49. The van der Waals surface area contributed by atoms with Crippen LogP contribution < -0.4 is 4.74 Å². The van der Waals surface area contributed by atoms with Crippen molar-refractivity contribution in [2.75, 3.05) is 6.61 Å². The second-order valence-electron chi connectivity index (χ2n) is 5.70. The van der Waals surface area contributed by atoms with E-state index < -0.39 is 34.7 Å². The summed E-state index contributed by atoms with van der Waals surface area (Å²) in [5.41, 5.74) is -0.679. The summed E-state index contributed by atoms with van der Waals surface area (Å²) in [4.78, 5) is 0. The molecule has 0 aromatic heterocycles. The Morgan fingerprint density at radius 3 is 2.07 bits per heavy atom. The lowest BCUT2D eigenvalue weighted by molar-refractivity contribution is 0.264. The smallest absolute Gasteiger partial charge is 0.206 e. The van der Waals surface area contributed by atoms with Crippen molar-refractivity contribution < 1.29 is 22.3 Å². The molecule has 2 aromatic carbocycles. The maximum atomic E-state index is 14.1. The van der Waals surface area contributed by atoms with E-state index in [4.69, 9.17) is 10.00 Å². The molecule has 0 heterocycles. The van der Waals surface area contributed by atoms with Crippen LogP contribution >= 0.6 is 0 Å². The van der Waals surface area contributed by atoms with Gasteiger partial charge < -0.3 is 4.74 Å². The van der Waals surface area contributed by atoms with Gasteiger partial charge in [-0.15, -0.1) is 5.11 Å². The molecule has 2 aromatic rings. The Hall–Kier alpha value is -2.95. The molecule has 0 unspecified atom stereocenters. The van der Waals surface area contributed by atoms with E-state index in [9.17, 15) is 17.6 Å². The number of nitrogens with zero attached hydrogens (tertiary/aromatic N) is 3. The monoisotopic (exact) mass is 379 g/mol. The molecule has 4 nitrogen and oxygen atoms in total. The van der Waals surface area contributed by atoms with Crippen LogP contribution in [0.4, 0.5) is 28.9 Å². The Morgan fingerprint density at radius 1 is 0.889 bits per heavy atom. The first kappa shape index (κ1) is 20.4. The van der Waals surface area contributed by atoms with Gasteiger partial charge in [-0.3, -0.25) is 0 Å². The van der Waals surface area contributed by atoms with Crippen molar-refractivity contribution >= 4 is 11.4 Å². The molecule has 0 bridgehead atoms. The Kier molecular flexibility index (Phi) is 7.29. The van der Waals surface area contributed by atoms with E-state index in [1.54, 1.807) is 0 Å². The molecular weight excluding hydrogens is 362 g/mol. The molecule has 0 aliphatic carbocycles. The summed E-state index contributed by atoms with van der Waals surface area (Å²) >= 11 is 0. The molecule has 0 N–H and O–H groups in total. The first-order chi connectivity index (χ1) is 13.0. The molecule has 0 amide bonds. The van der Waals surface area contributed by atoms with Crippen LogP contribution in [0, 0.1) is 34.6 Å². The lowest BCUT2D eigenvalue weighted by Crippen LogP contribution is -2.05. The average Bonchev–Trinajstić information content (AvgIpc) is 2.69. The highest BCUT2D eigenvalue weighted by Gasteiger charge is 2.27. The number of azo groups is 1. The number of rotatable bonds is 8. The zero-order valence-electron chi connectivity index (χ0n) is 14.6. The Morgan fingerprint density at radius 2 is 1.52 bits per heavy atom. The maximum absolute atomic E-state index is 14.1. The van der Waals surface area contributed by atoms with Crippen molar-refractivity contribution in [3.8, 4) is 11.8 Å². The minimum Gasteiger partial charge on any atom is -0.487 e. The summed E-state index contributed by atoms with van der Waals surface area (Å²) in [5, 5.41) is 15.5. The number of ether oxygens (including phenoxy) is 1. The third kappa shape index (κ3) is 5.03. The first-order valence-electron chi connectivity index (χ1n) is 8.40. The largest absolute Gasteiger partial charge is 0.487 e. The standard InChI is InChI=1S/C19H17F4N3O/c1-2-3-4-5-10-27-19-16(22)14(20)18(15(21)17(19)23)26-25-13-8-6-12(11-24)7-9-13/h6-9H,2-5,10H2,1H3/b26-25+. The number of hydrogen-bond donors (Lipinski definition) is 0. The highest BCUT2D eigenvalue weighted by atomic mass is 19.2. The minimum atomic E-state index is -1.69. The summed E-state index contributed by atoms with van der Waals surface area (Å²) in [6.45, 7) is 1.94. The average molecular weight is 379 g/mol. The van der Waals surface area contributed by atoms with Gasteiger partial charge in [-0.25, -0.2) is 8.78 Å². The van der Waals surface area contributed by atoms with Crippen LogP contribution in [-0.2, 0) is 0 Å². The molecule has 0 saturated heterocycles. The van der Waals surface area contributed by atoms with E-state index in [1.165, 1.54) is 24.3 Å². The van der Waals surface area contributed by atoms with Crippen LogP contribution in [0.2, 0.25) is 0 Å². The molecular formula is C19H17F4N3O. The number of halogens is 4. The molecule has 0 saturated carbocycles. The lowest BCUT2D eigenvalue weighted by Gasteiger charge is -2.10. The number of unbranched alkanes of at least 4 members (excludes halogenated alkanes) is 3. The van der Waals surface area contributed by atoms with E-state index in [2.05, 4.69) is 10.2 Å². The van der Waals surface area contributed by atoms with Crippen molar-refractivity contribution in [1.29, 1.82) is 5.26 Å². The van der Waals surface area contributed by atoms with Gasteiger partial charge in [-0.2, -0.15) is 19.2 Å². The summed E-state index contributed by atoms with van der Waals surface area (Å²) in [6, 6.07) is 7.47. The second kappa shape index (κ2) is 9.67. The van der Waals surface area contributed by atoms with Gasteiger partial charge in [0.05, 0.1) is 23.9 Å². The topological polar surface area (TPSA) is 57.7 Å². The summed E-state index contributed by atoms with van der Waals surface area (Å²) < 4.78 is 61.2. The fourth-order valence-electron chi connectivity index (χ4n) is 2.23. The van der Waals surface area contributed by atoms with Gasteiger partial charge >= 0.3 is 0 Å². The third-order valence-electron chi connectivity index (χ3n) is 3.71. The van der Waals surface area contributed by atoms with E-state index in [-0.39, 0.29) is 12.3 Å². The van der Waals surface area contributed by atoms with Crippen LogP contribution in [0.15, 0.2) is 34.5 Å². The minimum absolute atomic E-state index is 0.0567. The van der Waals surface area contributed by atoms with Crippen LogP contribution in [0.3, 0.4) is 0 Å². The summed E-state index contributed by atoms with van der Waals surface area (Å²) in [7, 11) is 0. The van der Waals surface area contributed by atoms with Crippen LogP contribution in [0.5, 0.6) is 5.75 Å². The van der Waals surface area contributed by atoms with Gasteiger partial charge in [0.15, 0.2) is 23.1 Å². The third-order valence-corrected chi connectivity index (χ3v) is 3.71. The summed E-state index contributed by atoms with van der Waals surface area (Å²) in [5.74, 6) is -7.78. The molecule has 0 aliphatic heterocycles. The highest BCUT2D eigenvalue weighted by Crippen LogP contribution is 2.35. The normalized spacial score (nSPS) is 11.0. The highest BCUT2D eigenvalue weighted by molar-refractivity contribution is 5.48. The van der Waals surface area contributed by atoms with Gasteiger partial charge in [0, 0.05) is 0 Å². The molecule has 27 heavy (non-hydrogen) atoms. The van der Waals surface area contributed by atoms with E-state index >= 15 is 0 Å². The molecule has 0 spiro atoms. The molecule has 0 atom stereocenters.